The van der Waals surface area contributed by atoms with Crippen molar-refractivity contribution in [1.82, 2.24) is 5.32 Å². The zero-order chi connectivity index (χ0) is 11.5. The number of carbonyl (C=O) groups is 1. The van der Waals surface area contributed by atoms with Gasteiger partial charge in [-0.25, -0.2) is 0 Å². The van der Waals surface area contributed by atoms with Gasteiger partial charge in [0.1, 0.15) is 5.54 Å². The Hall–Kier alpha value is -0.570. The van der Waals surface area contributed by atoms with Crippen LogP contribution < -0.4 is 5.32 Å². The van der Waals surface area contributed by atoms with E-state index in [-0.39, 0.29) is 5.97 Å². The number of ether oxygens (including phenoxy) is 1. The molecule has 0 bridgehead atoms. The number of hydrogen-bond acceptors (Lipinski definition) is 3. The Kier molecular flexibility index (Phi) is 4.14. The van der Waals surface area contributed by atoms with Crippen molar-refractivity contribution >= 4 is 5.97 Å². The van der Waals surface area contributed by atoms with Crippen LogP contribution >= 0.6 is 0 Å². The van der Waals surface area contributed by atoms with Crippen LogP contribution in [-0.2, 0) is 9.53 Å². The summed E-state index contributed by atoms with van der Waals surface area (Å²) in [5.74, 6) is 1.17. The fourth-order valence-electron chi connectivity index (χ4n) is 2.60. The Morgan fingerprint density at radius 3 is 2.67 bits per heavy atom. The van der Waals surface area contributed by atoms with Crippen molar-refractivity contribution in [2.24, 2.45) is 11.8 Å². The minimum Gasteiger partial charge on any atom is -0.468 e. The molecule has 2 atom stereocenters. The molecule has 15 heavy (non-hydrogen) atoms. The average Bonchev–Trinajstić information content (AvgIpc) is 2.27. The molecule has 0 aliphatic heterocycles. The number of carbonyl (C=O) groups excluding carboxylic acids is 1. The predicted molar refractivity (Wildman–Crippen MR) is 60.6 cm³/mol. The molecule has 0 aromatic carbocycles. The topological polar surface area (TPSA) is 38.3 Å². The molecule has 1 aliphatic carbocycles. The lowest BCUT2D eigenvalue weighted by Crippen LogP contribution is -2.54. The molecule has 1 fully saturated rings. The van der Waals surface area contributed by atoms with E-state index in [1.807, 2.05) is 7.05 Å². The Labute approximate surface area is 92.6 Å². The maximum absolute atomic E-state index is 11.8. The predicted octanol–water partition coefficient (Wildman–Crippen LogP) is 1.96. The highest BCUT2D eigenvalue weighted by atomic mass is 16.5. The molecule has 1 aliphatic rings. The van der Waals surface area contributed by atoms with Gasteiger partial charge in [-0.05, 0) is 31.7 Å². The molecule has 0 radical (unpaired) electrons. The van der Waals surface area contributed by atoms with Crippen molar-refractivity contribution in [2.75, 3.05) is 14.2 Å². The zero-order valence-corrected chi connectivity index (χ0v) is 10.3. The summed E-state index contributed by atoms with van der Waals surface area (Å²) in [6.07, 6.45) is 4.16. The van der Waals surface area contributed by atoms with Crippen molar-refractivity contribution in [3.8, 4) is 0 Å². The lowest BCUT2D eigenvalue weighted by molar-refractivity contribution is -0.151. The van der Waals surface area contributed by atoms with Gasteiger partial charge in [0, 0.05) is 0 Å². The second-order valence-electron chi connectivity index (χ2n) is 4.92. The summed E-state index contributed by atoms with van der Waals surface area (Å²) in [5, 5.41) is 3.18. The summed E-state index contributed by atoms with van der Waals surface area (Å²) in [6, 6.07) is 0. The van der Waals surface area contributed by atoms with E-state index >= 15 is 0 Å². The van der Waals surface area contributed by atoms with Gasteiger partial charge < -0.3 is 10.1 Å². The number of methoxy groups -OCH3 is 1. The normalized spacial score (nSPS) is 31.7. The Morgan fingerprint density at radius 1 is 1.53 bits per heavy atom. The minimum absolute atomic E-state index is 0.102. The number of likely N-dealkylation sites (N-methyl/N-ethyl adjacent to an activating group) is 1. The lowest BCUT2D eigenvalue weighted by Gasteiger charge is -2.39. The number of hydrogen-bond donors (Lipinski definition) is 1. The van der Waals surface area contributed by atoms with E-state index in [4.69, 9.17) is 4.74 Å². The van der Waals surface area contributed by atoms with Gasteiger partial charge in [-0.2, -0.15) is 0 Å². The highest BCUT2D eigenvalue weighted by molar-refractivity contribution is 5.80. The van der Waals surface area contributed by atoms with Gasteiger partial charge in [0.05, 0.1) is 7.11 Å². The number of rotatable bonds is 3. The van der Waals surface area contributed by atoms with Crippen LogP contribution in [0.15, 0.2) is 0 Å². The zero-order valence-electron chi connectivity index (χ0n) is 10.3. The van der Waals surface area contributed by atoms with E-state index in [0.717, 1.165) is 19.3 Å². The summed E-state index contributed by atoms with van der Waals surface area (Å²) in [7, 11) is 3.33. The van der Waals surface area contributed by atoms with Crippen LogP contribution in [0.5, 0.6) is 0 Å². The first-order chi connectivity index (χ1) is 7.05. The fraction of sp³-hybridized carbons (Fsp3) is 0.917. The molecule has 0 aromatic heterocycles. The summed E-state index contributed by atoms with van der Waals surface area (Å²) < 4.78 is 4.91. The van der Waals surface area contributed by atoms with E-state index in [1.54, 1.807) is 0 Å². The van der Waals surface area contributed by atoms with Gasteiger partial charge in [-0.3, -0.25) is 4.79 Å². The lowest BCUT2D eigenvalue weighted by atomic mass is 9.72. The highest BCUT2D eigenvalue weighted by Gasteiger charge is 2.42. The van der Waals surface area contributed by atoms with Crippen molar-refractivity contribution < 1.29 is 9.53 Å². The largest absolute Gasteiger partial charge is 0.468 e. The SMILES string of the molecule is CNC1(C(=O)OC)CCCC(C(C)C)C1. The summed E-state index contributed by atoms with van der Waals surface area (Å²) in [4.78, 5) is 11.8. The Bertz CT molecular complexity index is 228. The van der Waals surface area contributed by atoms with Crippen molar-refractivity contribution in [2.45, 2.75) is 45.1 Å². The Morgan fingerprint density at radius 2 is 2.20 bits per heavy atom. The second-order valence-corrected chi connectivity index (χ2v) is 4.92. The monoisotopic (exact) mass is 213 g/mol. The third-order valence-corrected chi connectivity index (χ3v) is 3.79. The van der Waals surface area contributed by atoms with E-state index in [9.17, 15) is 4.79 Å². The molecule has 1 rings (SSSR count). The number of esters is 1. The van der Waals surface area contributed by atoms with Crippen LogP contribution in [0.25, 0.3) is 0 Å². The van der Waals surface area contributed by atoms with Gasteiger partial charge in [-0.15, -0.1) is 0 Å². The van der Waals surface area contributed by atoms with Crippen molar-refractivity contribution in [1.29, 1.82) is 0 Å². The average molecular weight is 213 g/mol. The third-order valence-electron chi connectivity index (χ3n) is 3.79. The maximum Gasteiger partial charge on any atom is 0.326 e. The highest BCUT2D eigenvalue weighted by Crippen LogP contribution is 2.36. The number of nitrogens with one attached hydrogen (secondary N) is 1. The van der Waals surface area contributed by atoms with E-state index in [2.05, 4.69) is 19.2 Å². The Balaban J connectivity index is 2.77. The van der Waals surface area contributed by atoms with Gasteiger partial charge in [0.2, 0.25) is 0 Å². The fourth-order valence-corrected chi connectivity index (χ4v) is 2.60. The minimum atomic E-state index is -0.429. The molecule has 1 N–H and O–H groups in total. The van der Waals surface area contributed by atoms with E-state index < -0.39 is 5.54 Å². The molecule has 0 heterocycles. The molecule has 3 heteroatoms. The van der Waals surface area contributed by atoms with E-state index in [1.165, 1.54) is 13.5 Å². The summed E-state index contributed by atoms with van der Waals surface area (Å²) >= 11 is 0. The standard InChI is InChI=1S/C12H23NO2/c1-9(2)10-6-5-7-12(8-10,13-3)11(14)15-4/h9-10,13H,5-8H2,1-4H3. The molecule has 88 valence electrons. The van der Waals surface area contributed by atoms with Gasteiger partial charge in [0.25, 0.3) is 0 Å². The maximum atomic E-state index is 11.8. The van der Waals surface area contributed by atoms with Gasteiger partial charge >= 0.3 is 5.97 Å². The quantitative estimate of drug-likeness (QED) is 0.728. The van der Waals surface area contributed by atoms with Crippen LogP contribution in [0.1, 0.15) is 39.5 Å². The molecular formula is C12H23NO2. The smallest absolute Gasteiger partial charge is 0.326 e. The molecule has 2 unspecified atom stereocenters. The first-order valence-electron chi connectivity index (χ1n) is 5.83. The molecular weight excluding hydrogens is 190 g/mol. The summed E-state index contributed by atoms with van der Waals surface area (Å²) in [5.41, 5.74) is -0.429. The first-order valence-corrected chi connectivity index (χ1v) is 5.83. The third kappa shape index (κ3) is 2.51. The van der Waals surface area contributed by atoms with Crippen LogP contribution in [0.2, 0.25) is 0 Å². The molecule has 0 amide bonds. The van der Waals surface area contributed by atoms with Crippen LogP contribution in [0, 0.1) is 11.8 Å². The van der Waals surface area contributed by atoms with Crippen LogP contribution in [0.4, 0.5) is 0 Å². The van der Waals surface area contributed by atoms with Crippen LogP contribution in [0.3, 0.4) is 0 Å². The van der Waals surface area contributed by atoms with Gasteiger partial charge in [0.15, 0.2) is 0 Å². The molecule has 0 saturated heterocycles. The molecule has 0 spiro atoms. The van der Waals surface area contributed by atoms with E-state index in [0.29, 0.717) is 11.8 Å². The molecule has 0 aromatic rings. The first kappa shape index (κ1) is 12.5. The van der Waals surface area contributed by atoms with Gasteiger partial charge in [-0.1, -0.05) is 26.7 Å². The van der Waals surface area contributed by atoms with Crippen molar-refractivity contribution in [3.05, 3.63) is 0 Å². The summed E-state index contributed by atoms with van der Waals surface area (Å²) in [6.45, 7) is 4.46. The second kappa shape index (κ2) is 4.97. The van der Waals surface area contributed by atoms with Crippen molar-refractivity contribution in [3.63, 3.8) is 0 Å². The van der Waals surface area contributed by atoms with Crippen LogP contribution in [-0.4, -0.2) is 25.7 Å². The molecule has 3 nitrogen and oxygen atoms in total. The molecule has 1 saturated carbocycles.